The van der Waals surface area contributed by atoms with E-state index in [-0.39, 0.29) is 11.8 Å². The van der Waals surface area contributed by atoms with Crippen LogP contribution in [0.4, 0.5) is 0 Å². The van der Waals surface area contributed by atoms with E-state index in [1.54, 1.807) is 11.9 Å². The fraction of sp³-hybridized carbons (Fsp3) is 0.348. The van der Waals surface area contributed by atoms with Gasteiger partial charge in [-0.25, -0.2) is 0 Å². The van der Waals surface area contributed by atoms with Crippen LogP contribution in [0.15, 0.2) is 58.6 Å². The summed E-state index contributed by atoms with van der Waals surface area (Å²) in [5, 5.41) is 8.63. The summed E-state index contributed by atoms with van der Waals surface area (Å²) in [6, 6.07) is 7.76. The Labute approximate surface area is 183 Å². The highest BCUT2D eigenvalue weighted by atomic mass is 79.9. The second kappa shape index (κ2) is 12.7. The summed E-state index contributed by atoms with van der Waals surface area (Å²) in [6.45, 7) is 16.3. The lowest BCUT2D eigenvalue weighted by Gasteiger charge is -2.06. The lowest BCUT2D eigenvalue weighted by atomic mass is 10.1. The molecule has 0 saturated carbocycles. The number of rotatable bonds is 2. The van der Waals surface area contributed by atoms with E-state index in [1.807, 2.05) is 59.0 Å². The van der Waals surface area contributed by atoms with E-state index in [2.05, 4.69) is 29.1 Å². The zero-order valence-electron chi connectivity index (χ0n) is 18.2. The molecule has 0 saturated heterocycles. The maximum atomic E-state index is 11.5. The zero-order chi connectivity index (χ0) is 22.7. The Balaban J connectivity index is 0.000000462. The van der Waals surface area contributed by atoms with Crippen LogP contribution in [0.1, 0.15) is 43.6 Å². The van der Waals surface area contributed by atoms with Crippen molar-refractivity contribution in [3.63, 3.8) is 0 Å². The maximum Gasteiger partial charge on any atom is 0.254 e. The lowest BCUT2D eigenvalue weighted by Crippen LogP contribution is -2.21. The smallest absolute Gasteiger partial charge is 0.254 e. The molecule has 2 heterocycles. The number of halogens is 1. The second-order valence-corrected chi connectivity index (χ2v) is 6.73. The average molecular weight is 460 g/mol. The van der Waals surface area contributed by atoms with E-state index >= 15 is 0 Å². The molecular formula is C23H30BrN3O2. The van der Waals surface area contributed by atoms with Crippen LogP contribution in [-0.4, -0.2) is 42.3 Å². The minimum atomic E-state index is -0.0959. The van der Waals surface area contributed by atoms with Crippen molar-refractivity contribution in [1.82, 2.24) is 9.80 Å². The first-order chi connectivity index (χ1) is 13.8. The van der Waals surface area contributed by atoms with Crippen LogP contribution < -0.4 is 0 Å². The normalized spacial score (nSPS) is 13.9. The highest BCUT2D eigenvalue weighted by molar-refractivity contribution is 9.10. The lowest BCUT2D eigenvalue weighted by molar-refractivity contribution is -0.124. The third-order valence-electron chi connectivity index (χ3n) is 4.06. The minimum absolute atomic E-state index is 0.0959. The number of carbonyl (C=O) groups is 2. The number of benzene rings is 1. The minimum Gasteiger partial charge on any atom is -0.337 e. The molecule has 1 aromatic rings. The Bertz CT molecular complexity index is 850. The van der Waals surface area contributed by atoms with E-state index in [0.717, 1.165) is 22.1 Å². The number of hydrogen-bond acceptors (Lipinski definition) is 3. The van der Waals surface area contributed by atoms with Crippen LogP contribution in [0, 0.1) is 11.3 Å². The SMILES string of the molecule is C=CC1=C(C(=C)C#N)CN(C)C1=O.CC.CC.CN1Cc2ccc(Br)cc2C1=O. The molecule has 0 spiro atoms. The molecule has 1 aromatic carbocycles. The molecule has 5 nitrogen and oxygen atoms in total. The molecule has 0 radical (unpaired) electrons. The molecule has 0 bridgehead atoms. The molecule has 2 aliphatic rings. The first-order valence-corrected chi connectivity index (χ1v) is 10.3. The van der Waals surface area contributed by atoms with E-state index in [0.29, 0.717) is 23.3 Å². The van der Waals surface area contributed by atoms with Crippen LogP contribution in [0.2, 0.25) is 0 Å². The Morgan fingerprint density at radius 2 is 1.66 bits per heavy atom. The summed E-state index contributed by atoms with van der Waals surface area (Å²) in [6.07, 6.45) is 1.48. The van der Waals surface area contributed by atoms with Crippen molar-refractivity contribution in [2.24, 2.45) is 0 Å². The first kappa shape index (κ1) is 26.4. The van der Waals surface area contributed by atoms with E-state index in [1.165, 1.54) is 11.0 Å². The molecule has 2 aliphatic heterocycles. The van der Waals surface area contributed by atoms with Gasteiger partial charge in [0.25, 0.3) is 11.8 Å². The van der Waals surface area contributed by atoms with Crippen molar-refractivity contribution in [2.75, 3.05) is 20.6 Å². The molecule has 156 valence electrons. The summed E-state index contributed by atoms with van der Waals surface area (Å²) < 4.78 is 0.963. The van der Waals surface area contributed by atoms with Gasteiger partial charge in [-0.05, 0) is 17.7 Å². The second-order valence-electron chi connectivity index (χ2n) is 5.81. The monoisotopic (exact) mass is 459 g/mol. The van der Waals surface area contributed by atoms with Crippen LogP contribution in [0.3, 0.4) is 0 Å². The Hall–Kier alpha value is -2.65. The first-order valence-electron chi connectivity index (χ1n) is 9.54. The van der Waals surface area contributed by atoms with Gasteiger partial charge in [-0.2, -0.15) is 5.26 Å². The quantitative estimate of drug-likeness (QED) is 0.577. The predicted octanol–water partition coefficient (Wildman–Crippen LogP) is 5.11. The van der Waals surface area contributed by atoms with E-state index in [4.69, 9.17) is 5.26 Å². The molecule has 2 amide bonds. The highest BCUT2D eigenvalue weighted by Crippen LogP contribution is 2.24. The number of fused-ring (bicyclic) bond motifs is 1. The number of carbonyl (C=O) groups excluding carboxylic acids is 2. The molecule has 0 unspecified atom stereocenters. The van der Waals surface area contributed by atoms with Crippen LogP contribution in [0.5, 0.6) is 0 Å². The molecule has 0 aromatic heterocycles. The van der Waals surface area contributed by atoms with Gasteiger partial charge in [-0.15, -0.1) is 0 Å². The Kier molecular flexibility index (Phi) is 11.6. The summed E-state index contributed by atoms with van der Waals surface area (Å²) in [7, 11) is 3.50. The van der Waals surface area contributed by atoms with E-state index in [9.17, 15) is 9.59 Å². The molecule has 0 N–H and O–H groups in total. The molecule has 0 atom stereocenters. The topological polar surface area (TPSA) is 64.4 Å². The van der Waals surface area contributed by atoms with Gasteiger partial charge in [-0.1, -0.05) is 68.9 Å². The number of hydrogen-bond donors (Lipinski definition) is 0. The Morgan fingerprint density at radius 1 is 1.10 bits per heavy atom. The highest BCUT2D eigenvalue weighted by Gasteiger charge is 2.26. The van der Waals surface area contributed by atoms with E-state index < -0.39 is 0 Å². The van der Waals surface area contributed by atoms with Gasteiger partial charge in [0, 0.05) is 48.4 Å². The third-order valence-corrected chi connectivity index (χ3v) is 4.55. The number of nitrogens with zero attached hydrogens (tertiary/aromatic N) is 3. The molecular weight excluding hydrogens is 430 g/mol. The van der Waals surface area contributed by atoms with Crippen molar-refractivity contribution in [3.05, 3.63) is 69.8 Å². The van der Waals surface area contributed by atoms with Gasteiger partial charge in [0.1, 0.15) is 0 Å². The molecule has 3 rings (SSSR count). The number of amides is 2. The maximum absolute atomic E-state index is 11.5. The van der Waals surface area contributed by atoms with Gasteiger partial charge >= 0.3 is 0 Å². The number of likely N-dealkylation sites (N-methyl/N-ethyl adjacent to an activating group) is 1. The fourth-order valence-electron chi connectivity index (χ4n) is 2.68. The molecule has 0 aliphatic carbocycles. The largest absolute Gasteiger partial charge is 0.337 e. The standard InChI is InChI=1S/C10H10N2O.C9H8BrNO.2C2H6/c1-4-8-9(7(2)5-11)6-12(3)10(8)13;1-11-5-6-2-3-7(10)4-8(6)9(11)12;2*1-2/h4H,1-2,6H2,3H3;2-4H,5H2,1H3;2*1-2H3. The predicted molar refractivity (Wildman–Crippen MR) is 122 cm³/mol. The van der Waals surface area contributed by atoms with Gasteiger partial charge in [-0.3, -0.25) is 9.59 Å². The summed E-state index contributed by atoms with van der Waals surface area (Å²) in [4.78, 5) is 26.1. The van der Waals surface area contributed by atoms with Crippen LogP contribution in [-0.2, 0) is 11.3 Å². The summed E-state index contributed by atoms with van der Waals surface area (Å²) in [5.41, 5.74) is 3.46. The van der Waals surface area contributed by atoms with Gasteiger partial charge in [0.05, 0.1) is 11.6 Å². The summed E-state index contributed by atoms with van der Waals surface area (Å²) in [5.74, 6) is 0.0210. The van der Waals surface area contributed by atoms with Crippen molar-refractivity contribution in [3.8, 4) is 6.07 Å². The van der Waals surface area contributed by atoms with Crippen molar-refractivity contribution in [1.29, 1.82) is 5.26 Å². The fourth-order valence-corrected chi connectivity index (χ4v) is 3.04. The van der Waals surface area contributed by atoms with Crippen molar-refractivity contribution < 1.29 is 9.59 Å². The zero-order valence-corrected chi connectivity index (χ0v) is 19.8. The molecule has 0 fully saturated rings. The van der Waals surface area contributed by atoms with Gasteiger partial charge < -0.3 is 9.80 Å². The number of nitriles is 1. The van der Waals surface area contributed by atoms with Gasteiger partial charge in [0.15, 0.2) is 0 Å². The van der Waals surface area contributed by atoms with Crippen molar-refractivity contribution in [2.45, 2.75) is 34.2 Å². The average Bonchev–Trinajstić information content (AvgIpc) is 3.20. The molecule has 6 heteroatoms. The molecule has 29 heavy (non-hydrogen) atoms. The Morgan fingerprint density at radius 3 is 2.17 bits per heavy atom. The third kappa shape index (κ3) is 6.43. The van der Waals surface area contributed by atoms with Crippen LogP contribution >= 0.6 is 15.9 Å². The van der Waals surface area contributed by atoms with Crippen molar-refractivity contribution >= 4 is 27.7 Å². The van der Waals surface area contributed by atoms with Gasteiger partial charge in [0.2, 0.25) is 0 Å². The summed E-state index contributed by atoms with van der Waals surface area (Å²) >= 11 is 3.34. The van der Waals surface area contributed by atoms with Crippen LogP contribution in [0.25, 0.3) is 0 Å².